The predicted octanol–water partition coefficient (Wildman–Crippen LogP) is 7.68. The van der Waals surface area contributed by atoms with Gasteiger partial charge in [0, 0.05) is 18.7 Å². The zero-order valence-electron chi connectivity index (χ0n) is 26.4. The van der Waals surface area contributed by atoms with Crippen LogP contribution in [0.1, 0.15) is 89.5 Å². The van der Waals surface area contributed by atoms with Gasteiger partial charge in [0.1, 0.15) is 30.8 Å². The molecule has 1 heterocycles. The number of unbranched alkanes of at least 4 members (excludes halogenated alkanes) is 11. The van der Waals surface area contributed by atoms with Gasteiger partial charge in [0.25, 0.3) is 0 Å². The molecular formula is C34H51NO7PS+. The molecule has 0 aliphatic rings. The van der Waals surface area contributed by atoms with Crippen molar-refractivity contribution in [2.24, 2.45) is 0 Å². The number of hydrogen-bond donors (Lipinski definition) is 1. The largest absolute Gasteiger partial charge is 0.598 e. The molecule has 2 aromatic carbocycles. The van der Waals surface area contributed by atoms with Crippen molar-refractivity contribution in [1.29, 1.82) is 0 Å². The number of methoxy groups -OCH3 is 1. The van der Waals surface area contributed by atoms with Crippen molar-refractivity contribution in [2.75, 3.05) is 26.9 Å². The van der Waals surface area contributed by atoms with Crippen LogP contribution in [0.3, 0.4) is 0 Å². The number of benzene rings is 2. The van der Waals surface area contributed by atoms with Crippen LogP contribution in [0.4, 0.5) is 0 Å². The van der Waals surface area contributed by atoms with Crippen LogP contribution >= 0.6 is 19.5 Å². The van der Waals surface area contributed by atoms with E-state index in [2.05, 4.69) is 6.92 Å². The number of thiazole rings is 1. The summed E-state index contributed by atoms with van der Waals surface area (Å²) in [5, 5.41) is 1.98. The second kappa shape index (κ2) is 21.5. The highest BCUT2D eigenvalue weighted by Crippen LogP contribution is 2.48. The molecule has 0 bridgehead atoms. The van der Waals surface area contributed by atoms with Crippen LogP contribution < -0.4 is 23.5 Å². The Kier molecular flexibility index (Phi) is 17.7. The summed E-state index contributed by atoms with van der Waals surface area (Å²) in [6.45, 7) is 3.53. The first kappa shape index (κ1) is 36.2. The van der Waals surface area contributed by atoms with Gasteiger partial charge in [-0.25, -0.2) is 0 Å². The first-order valence-corrected chi connectivity index (χ1v) is 18.5. The fourth-order valence-electron chi connectivity index (χ4n) is 4.76. The molecule has 0 fully saturated rings. The van der Waals surface area contributed by atoms with Crippen molar-refractivity contribution >= 4 is 19.5 Å². The molecule has 0 saturated carbocycles. The molecule has 0 aliphatic heterocycles. The maximum atomic E-state index is 12.6. The van der Waals surface area contributed by atoms with E-state index in [-0.39, 0.29) is 19.0 Å². The summed E-state index contributed by atoms with van der Waals surface area (Å²) >= 11 is 1.60. The average molecular weight is 649 g/mol. The van der Waals surface area contributed by atoms with Gasteiger partial charge in [0.05, 0.1) is 12.0 Å². The lowest BCUT2D eigenvalue weighted by Crippen LogP contribution is -2.30. The van der Waals surface area contributed by atoms with Gasteiger partial charge in [-0.15, -0.1) is 0 Å². The van der Waals surface area contributed by atoms with Crippen LogP contribution in [-0.4, -0.2) is 37.9 Å². The van der Waals surface area contributed by atoms with Gasteiger partial charge in [-0.1, -0.05) is 107 Å². The molecule has 44 heavy (non-hydrogen) atoms. The summed E-state index contributed by atoms with van der Waals surface area (Å²) in [5.74, 6) is 1.64. The first-order chi connectivity index (χ1) is 21.5. The molecule has 0 amide bonds. The smallest absolute Gasteiger partial charge is 0.426 e. The molecule has 10 heteroatoms. The van der Waals surface area contributed by atoms with E-state index in [1.807, 2.05) is 52.0 Å². The number of rotatable bonds is 25. The van der Waals surface area contributed by atoms with Crippen LogP contribution in [0.5, 0.6) is 17.2 Å². The van der Waals surface area contributed by atoms with Gasteiger partial charge >= 0.3 is 8.17 Å². The van der Waals surface area contributed by atoms with Crippen molar-refractivity contribution in [2.45, 2.75) is 96.6 Å². The zero-order chi connectivity index (χ0) is 31.3. The van der Waals surface area contributed by atoms with Crippen molar-refractivity contribution < 1.29 is 37.6 Å². The standard InChI is InChI=1S/C34H50NO7PS/c1-3-4-5-6-7-8-9-10-11-12-13-14-22-39-31-18-16-19-32(25-31)40-27-34(38-2)28-41-43(36,37)42-33-20-15-17-30(24-33)26-35-21-23-44-29-35/h15-21,23-25,29,34H,3-14,22,26-28H2,1-2H3/p+1/t34-/m1/s1. The van der Waals surface area contributed by atoms with Crippen LogP contribution in [0.2, 0.25) is 0 Å². The van der Waals surface area contributed by atoms with Gasteiger partial charge in [-0.05, 0) is 30.7 Å². The summed E-state index contributed by atoms with van der Waals surface area (Å²) in [6, 6.07) is 14.5. The molecule has 244 valence electrons. The first-order valence-electron chi connectivity index (χ1n) is 16.0. The van der Waals surface area contributed by atoms with Gasteiger partial charge < -0.3 is 19.1 Å². The lowest BCUT2D eigenvalue weighted by molar-refractivity contribution is -0.683. The van der Waals surface area contributed by atoms with E-state index in [0.717, 1.165) is 17.7 Å². The Morgan fingerprint density at radius 3 is 2.11 bits per heavy atom. The third kappa shape index (κ3) is 15.6. The number of hydrogen-bond acceptors (Lipinski definition) is 8. The number of nitrogens with zero attached hydrogens (tertiary/aromatic N) is 1. The Morgan fingerprint density at radius 1 is 0.818 bits per heavy atom. The quantitative estimate of drug-likeness (QED) is 0.0572. The average Bonchev–Trinajstić information content (AvgIpc) is 3.53. The summed E-state index contributed by atoms with van der Waals surface area (Å²) < 4.78 is 29.8. The summed E-state index contributed by atoms with van der Waals surface area (Å²) in [4.78, 5) is 22.9. The lowest BCUT2D eigenvalue weighted by atomic mass is 10.1. The van der Waals surface area contributed by atoms with E-state index in [4.69, 9.17) is 23.3 Å². The van der Waals surface area contributed by atoms with Crippen molar-refractivity contribution in [3.8, 4) is 17.2 Å². The molecule has 1 unspecified atom stereocenters. The fourth-order valence-corrected chi connectivity index (χ4v) is 6.15. The van der Waals surface area contributed by atoms with E-state index >= 15 is 0 Å². The molecule has 0 aliphatic carbocycles. The highest BCUT2D eigenvalue weighted by molar-refractivity contribution is 7.53. The van der Waals surface area contributed by atoms with Crippen LogP contribution in [0, 0.1) is 0 Å². The highest BCUT2D eigenvalue weighted by Gasteiger charge is 2.31. The van der Waals surface area contributed by atoms with Gasteiger partial charge in [0.2, 0.25) is 5.51 Å². The third-order valence-electron chi connectivity index (χ3n) is 7.28. The molecule has 2 atom stereocenters. The Hall–Kier alpha value is -2.26. The minimum atomic E-state index is -4.37. The molecule has 3 rings (SSSR count). The monoisotopic (exact) mass is 648 g/mol. The molecule has 3 aromatic rings. The second-order valence-corrected chi connectivity index (χ2v) is 13.2. The van der Waals surface area contributed by atoms with Gasteiger partial charge in [-0.2, -0.15) is 14.0 Å². The molecule has 1 aromatic heterocycles. The predicted molar refractivity (Wildman–Crippen MR) is 175 cm³/mol. The maximum absolute atomic E-state index is 12.6. The SMILES string of the molecule is CCCCCCCCCCCCCCOc1cccc(OC[C@H](CO[P+]([O-])(O)Oc2cccc(C[n+]3ccsc3)c2)OC)c1. The minimum absolute atomic E-state index is 0.131. The minimum Gasteiger partial charge on any atom is -0.598 e. The zero-order valence-corrected chi connectivity index (χ0v) is 28.2. The Bertz CT molecular complexity index is 1150. The molecular weight excluding hydrogens is 597 g/mol. The molecule has 0 radical (unpaired) electrons. The highest BCUT2D eigenvalue weighted by atomic mass is 32.1. The Morgan fingerprint density at radius 2 is 1.45 bits per heavy atom. The van der Waals surface area contributed by atoms with E-state index in [9.17, 15) is 9.79 Å². The number of phosphoric ester groups is 1. The van der Waals surface area contributed by atoms with Crippen molar-refractivity contribution in [3.63, 3.8) is 0 Å². The number of aromatic nitrogens is 1. The molecule has 8 nitrogen and oxygen atoms in total. The summed E-state index contributed by atoms with van der Waals surface area (Å²) in [5.41, 5.74) is 2.93. The van der Waals surface area contributed by atoms with E-state index < -0.39 is 14.3 Å². The number of ether oxygens (including phenoxy) is 3. The van der Waals surface area contributed by atoms with Gasteiger partial charge in [0.15, 0.2) is 18.5 Å². The van der Waals surface area contributed by atoms with Crippen molar-refractivity contribution in [3.05, 3.63) is 71.2 Å². The third-order valence-corrected chi connectivity index (χ3v) is 8.86. The summed E-state index contributed by atoms with van der Waals surface area (Å²) in [7, 11) is -2.87. The fraction of sp³-hybridized carbons (Fsp3) is 0.559. The molecule has 1 N–H and O–H groups in total. The number of phosphoric acid groups is 1. The Labute approximate surface area is 268 Å². The second-order valence-electron chi connectivity index (χ2n) is 11.1. The Balaban J connectivity index is 1.29. The van der Waals surface area contributed by atoms with Gasteiger partial charge in [-0.3, -0.25) is 4.52 Å². The summed E-state index contributed by atoms with van der Waals surface area (Å²) in [6.07, 6.45) is 17.1. The normalized spacial score (nSPS) is 13.4. The van der Waals surface area contributed by atoms with Crippen LogP contribution in [0.25, 0.3) is 0 Å². The van der Waals surface area contributed by atoms with E-state index in [0.29, 0.717) is 18.9 Å². The van der Waals surface area contributed by atoms with E-state index in [1.54, 1.807) is 29.5 Å². The molecule has 0 spiro atoms. The van der Waals surface area contributed by atoms with E-state index in [1.165, 1.54) is 77.7 Å². The molecule has 0 saturated heterocycles. The lowest BCUT2D eigenvalue weighted by Gasteiger charge is -2.22. The topological polar surface area (TPSA) is 93.3 Å². The van der Waals surface area contributed by atoms with Crippen molar-refractivity contribution in [1.82, 2.24) is 0 Å². The maximum Gasteiger partial charge on any atom is 0.426 e. The van der Waals surface area contributed by atoms with Crippen LogP contribution in [-0.2, 0) is 15.8 Å². The van der Waals surface area contributed by atoms with Crippen LogP contribution in [0.15, 0.2) is 65.6 Å².